The van der Waals surface area contributed by atoms with Gasteiger partial charge in [0.2, 0.25) is 0 Å². The van der Waals surface area contributed by atoms with Gasteiger partial charge >= 0.3 is 0 Å². The quantitative estimate of drug-likeness (QED) is 0.923. The van der Waals surface area contributed by atoms with Crippen molar-refractivity contribution in [2.24, 2.45) is 11.8 Å². The average molecular weight is 293 g/mol. The van der Waals surface area contributed by atoms with Gasteiger partial charge in [-0.3, -0.25) is 4.90 Å². The second-order valence-corrected chi connectivity index (χ2v) is 8.03. The van der Waals surface area contributed by atoms with Crippen LogP contribution in [0.15, 0.2) is 11.6 Å². The molecule has 0 bridgehead atoms. The lowest BCUT2D eigenvalue weighted by molar-refractivity contribution is 0.0229. The lowest BCUT2D eigenvalue weighted by Gasteiger charge is -2.50. The molecule has 2 heterocycles. The molecule has 3 nitrogen and oxygen atoms in total. The molecule has 0 radical (unpaired) electrons. The summed E-state index contributed by atoms with van der Waals surface area (Å²) in [5.41, 5.74) is 0.302. The predicted molar refractivity (Wildman–Crippen MR) is 85.0 cm³/mol. The van der Waals surface area contributed by atoms with Crippen LogP contribution < -0.4 is 5.32 Å². The van der Waals surface area contributed by atoms with E-state index in [0.717, 1.165) is 19.0 Å². The highest BCUT2D eigenvalue weighted by atomic mass is 32.1. The Kier molecular flexibility index (Phi) is 3.91. The Balaban J connectivity index is 1.81. The van der Waals surface area contributed by atoms with Gasteiger partial charge in [-0.05, 0) is 38.5 Å². The van der Waals surface area contributed by atoms with Crippen LogP contribution in [0.2, 0.25) is 0 Å². The van der Waals surface area contributed by atoms with Crippen LogP contribution in [0.5, 0.6) is 0 Å². The van der Waals surface area contributed by atoms with E-state index >= 15 is 0 Å². The lowest BCUT2D eigenvalue weighted by atomic mass is 9.87. The predicted octanol–water partition coefficient (Wildman–Crippen LogP) is 3.30. The van der Waals surface area contributed by atoms with Crippen molar-refractivity contribution in [3.63, 3.8) is 0 Å². The van der Waals surface area contributed by atoms with Crippen molar-refractivity contribution in [3.8, 4) is 0 Å². The van der Waals surface area contributed by atoms with Gasteiger partial charge in [-0.2, -0.15) is 0 Å². The summed E-state index contributed by atoms with van der Waals surface area (Å²) in [6, 6.07) is 1.04. The zero-order chi connectivity index (χ0) is 14.3. The molecule has 2 aliphatic rings. The Morgan fingerprint density at radius 3 is 2.70 bits per heavy atom. The Hall–Kier alpha value is -0.450. The molecule has 1 saturated carbocycles. The number of aromatic nitrogens is 1. The van der Waals surface area contributed by atoms with Crippen LogP contribution in [0.25, 0.3) is 0 Å². The van der Waals surface area contributed by atoms with Gasteiger partial charge in [-0.1, -0.05) is 13.8 Å². The number of hydrogen-bond donors (Lipinski definition) is 1. The second kappa shape index (κ2) is 5.39. The van der Waals surface area contributed by atoms with Gasteiger partial charge in [0, 0.05) is 36.2 Å². The molecule has 3 rings (SSSR count). The van der Waals surface area contributed by atoms with Crippen LogP contribution in [0, 0.1) is 11.8 Å². The highest BCUT2D eigenvalue weighted by molar-refractivity contribution is 7.09. The van der Waals surface area contributed by atoms with Crippen molar-refractivity contribution in [2.45, 2.75) is 58.2 Å². The third-order valence-electron chi connectivity index (χ3n) is 5.21. The summed E-state index contributed by atoms with van der Waals surface area (Å²) < 4.78 is 0. The van der Waals surface area contributed by atoms with Crippen molar-refractivity contribution >= 4 is 11.3 Å². The summed E-state index contributed by atoms with van der Waals surface area (Å²) in [6.45, 7) is 11.7. The molecule has 2 fully saturated rings. The maximum atomic E-state index is 4.55. The molecule has 1 aliphatic carbocycles. The van der Waals surface area contributed by atoms with Crippen LogP contribution in [0.1, 0.15) is 51.6 Å². The minimum absolute atomic E-state index is 0.302. The molecule has 0 amide bonds. The topological polar surface area (TPSA) is 28.2 Å². The normalized spacial score (nSPS) is 33.5. The third kappa shape index (κ3) is 2.66. The fraction of sp³-hybridized carbons (Fsp3) is 0.812. The molecule has 1 N–H and O–H groups in total. The Morgan fingerprint density at radius 1 is 1.40 bits per heavy atom. The lowest BCUT2D eigenvalue weighted by Crippen LogP contribution is -2.65. The SMILES string of the molecule is CC(C)C1CNC(C)(C2CC2)CN1C(C)c1nccs1. The number of nitrogens with zero attached hydrogens (tertiary/aromatic N) is 2. The van der Waals surface area contributed by atoms with Crippen LogP contribution >= 0.6 is 11.3 Å². The molecule has 1 aromatic rings. The third-order valence-corrected chi connectivity index (χ3v) is 6.15. The first-order chi connectivity index (χ1) is 9.51. The van der Waals surface area contributed by atoms with Crippen LogP contribution in [-0.2, 0) is 0 Å². The number of hydrogen-bond acceptors (Lipinski definition) is 4. The first-order valence-corrected chi connectivity index (χ1v) is 8.79. The maximum Gasteiger partial charge on any atom is 0.109 e. The van der Waals surface area contributed by atoms with Crippen molar-refractivity contribution in [1.29, 1.82) is 0 Å². The van der Waals surface area contributed by atoms with Crippen molar-refractivity contribution in [1.82, 2.24) is 15.2 Å². The molecule has 1 aliphatic heterocycles. The number of nitrogens with one attached hydrogen (secondary N) is 1. The summed E-state index contributed by atoms with van der Waals surface area (Å²) in [4.78, 5) is 7.26. The minimum Gasteiger partial charge on any atom is -0.308 e. The highest BCUT2D eigenvalue weighted by Gasteiger charge is 2.47. The van der Waals surface area contributed by atoms with Crippen LogP contribution in [0.4, 0.5) is 0 Å². The number of piperazine rings is 1. The van der Waals surface area contributed by atoms with Crippen LogP contribution in [0.3, 0.4) is 0 Å². The molecule has 1 saturated heterocycles. The summed E-state index contributed by atoms with van der Waals surface area (Å²) in [6.07, 6.45) is 4.73. The zero-order valence-corrected chi connectivity index (χ0v) is 13.9. The summed E-state index contributed by atoms with van der Waals surface area (Å²) in [5.74, 6) is 1.55. The van der Waals surface area contributed by atoms with E-state index in [-0.39, 0.29) is 0 Å². The van der Waals surface area contributed by atoms with E-state index in [1.165, 1.54) is 17.8 Å². The zero-order valence-electron chi connectivity index (χ0n) is 13.1. The standard InChI is InChI=1S/C16H27N3S/c1-11(2)14-9-18-16(4,13-5-6-13)10-19(14)12(3)15-17-7-8-20-15/h7-8,11-14,18H,5-6,9-10H2,1-4H3. The largest absolute Gasteiger partial charge is 0.308 e. The molecule has 112 valence electrons. The molecule has 4 heteroatoms. The van der Waals surface area contributed by atoms with Gasteiger partial charge < -0.3 is 5.32 Å². The van der Waals surface area contributed by atoms with Gasteiger partial charge in [0.1, 0.15) is 5.01 Å². The van der Waals surface area contributed by atoms with Gasteiger partial charge in [0.25, 0.3) is 0 Å². The van der Waals surface area contributed by atoms with Gasteiger partial charge in [-0.15, -0.1) is 11.3 Å². The van der Waals surface area contributed by atoms with E-state index in [2.05, 4.69) is 48.3 Å². The fourth-order valence-electron chi connectivity index (χ4n) is 3.63. The smallest absolute Gasteiger partial charge is 0.109 e. The summed E-state index contributed by atoms with van der Waals surface area (Å²) >= 11 is 1.79. The molecule has 3 unspecified atom stereocenters. The molecule has 3 atom stereocenters. The first kappa shape index (κ1) is 14.5. The molecule has 1 aromatic heterocycles. The molecular formula is C16H27N3S. The monoisotopic (exact) mass is 293 g/mol. The van der Waals surface area contributed by atoms with Gasteiger partial charge in [0.05, 0.1) is 6.04 Å². The van der Waals surface area contributed by atoms with Gasteiger partial charge in [0.15, 0.2) is 0 Å². The Labute approximate surface area is 126 Å². The van der Waals surface area contributed by atoms with E-state index in [0.29, 0.717) is 23.5 Å². The Bertz CT molecular complexity index is 441. The Morgan fingerprint density at radius 2 is 2.15 bits per heavy atom. The molecule has 20 heavy (non-hydrogen) atoms. The summed E-state index contributed by atoms with van der Waals surface area (Å²) in [5, 5.41) is 7.22. The van der Waals surface area contributed by atoms with Crippen molar-refractivity contribution in [3.05, 3.63) is 16.6 Å². The first-order valence-electron chi connectivity index (χ1n) is 7.91. The second-order valence-electron chi connectivity index (χ2n) is 7.10. The maximum absolute atomic E-state index is 4.55. The van der Waals surface area contributed by atoms with Crippen molar-refractivity contribution < 1.29 is 0 Å². The molecule has 0 aromatic carbocycles. The fourth-order valence-corrected chi connectivity index (χ4v) is 4.34. The van der Waals surface area contributed by atoms with Crippen molar-refractivity contribution in [2.75, 3.05) is 13.1 Å². The number of rotatable bonds is 4. The molecule has 0 spiro atoms. The average Bonchev–Trinajstić information content (AvgIpc) is 3.14. The number of thiazole rings is 1. The van der Waals surface area contributed by atoms with Gasteiger partial charge in [-0.25, -0.2) is 4.98 Å². The van der Waals surface area contributed by atoms with E-state index < -0.39 is 0 Å². The van der Waals surface area contributed by atoms with E-state index in [1.807, 2.05) is 6.20 Å². The van der Waals surface area contributed by atoms with E-state index in [4.69, 9.17) is 0 Å². The van der Waals surface area contributed by atoms with E-state index in [9.17, 15) is 0 Å². The minimum atomic E-state index is 0.302. The van der Waals surface area contributed by atoms with Crippen LogP contribution in [-0.4, -0.2) is 34.6 Å². The van der Waals surface area contributed by atoms with E-state index in [1.54, 1.807) is 11.3 Å². The highest BCUT2D eigenvalue weighted by Crippen LogP contribution is 2.43. The molecular weight excluding hydrogens is 266 g/mol. The summed E-state index contributed by atoms with van der Waals surface area (Å²) in [7, 11) is 0.